The van der Waals surface area contributed by atoms with Gasteiger partial charge in [0.15, 0.2) is 0 Å². The van der Waals surface area contributed by atoms with Gasteiger partial charge in [-0.15, -0.1) is 0 Å². The Hall–Kier alpha value is -4.13. The Morgan fingerprint density at radius 2 is 1.44 bits per heavy atom. The predicted molar refractivity (Wildman–Crippen MR) is 134 cm³/mol. The maximum atomic E-state index is 13.0. The summed E-state index contributed by atoms with van der Waals surface area (Å²) >= 11 is 0. The molecule has 0 radical (unpaired) electrons. The highest BCUT2D eigenvalue weighted by atomic mass is 16.2. The number of urea groups is 1. The zero-order chi connectivity index (χ0) is 24.1. The van der Waals surface area contributed by atoms with Gasteiger partial charge in [0.05, 0.1) is 0 Å². The van der Waals surface area contributed by atoms with Crippen molar-refractivity contribution in [3.8, 4) is 0 Å². The number of nitrogens with one attached hydrogen (secondary N) is 3. The molecule has 4 amide bonds. The van der Waals surface area contributed by atoms with Crippen molar-refractivity contribution < 1.29 is 14.4 Å². The molecule has 0 aromatic heterocycles. The summed E-state index contributed by atoms with van der Waals surface area (Å²) in [6, 6.07) is 22.6. The number of nitrogens with zero attached hydrogens (tertiary/aromatic N) is 1. The van der Waals surface area contributed by atoms with Crippen LogP contribution in [0.5, 0.6) is 0 Å². The number of para-hydroxylation sites is 2. The quantitative estimate of drug-likeness (QED) is 0.503. The molecular weight excluding hydrogens is 428 g/mol. The molecule has 7 heteroatoms. The second-order valence-electron chi connectivity index (χ2n) is 8.59. The standard InChI is InChI=1S/C27H28N4O3/c1-18(2)24(30-27(34)29-21-9-4-3-5-10-21)25(32)28-22-14-12-20(13-15-22)26(33)31-17-16-19-8-6-7-11-23(19)31/h3-15,18,24H,16-17H2,1-2H3,(H,28,32)(H2,29,30,34). The van der Waals surface area contributed by atoms with Gasteiger partial charge >= 0.3 is 6.03 Å². The van der Waals surface area contributed by atoms with E-state index in [1.807, 2.05) is 56.3 Å². The summed E-state index contributed by atoms with van der Waals surface area (Å²) in [6.07, 6.45) is 0.845. The van der Waals surface area contributed by atoms with Crippen molar-refractivity contribution in [1.29, 1.82) is 0 Å². The van der Waals surface area contributed by atoms with E-state index in [0.29, 0.717) is 23.5 Å². The first-order chi connectivity index (χ1) is 16.4. The SMILES string of the molecule is CC(C)C(NC(=O)Nc1ccccc1)C(=O)Nc1ccc(C(=O)N2CCc3ccccc32)cc1. The molecule has 3 aromatic rings. The van der Waals surface area contributed by atoms with Crippen LogP contribution in [0.4, 0.5) is 21.9 Å². The number of rotatable bonds is 6. The third-order valence-electron chi connectivity index (χ3n) is 5.80. The monoisotopic (exact) mass is 456 g/mol. The fourth-order valence-electron chi connectivity index (χ4n) is 3.99. The Bertz CT molecular complexity index is 1180. The average molecular weight is 457 g/mol. The third-order valence-corrected chi connectivity index (χ3v) is 5.80. The molecule has 0 saturated carbocycles. The minimum absolute atomic E-state index is 0.0675. The number of anilines is 3. The van der Waals surface area contributed by atoms with Gasteiger partial charge in [-0.1, -0.05) is 50.2 Å². The largest absolute Gasteiger partial charge is 0.326 e. The predicted octanol–water partition coefficient (Wildman–Crippen LogP) is 4.67. The van der Waals surface area contributed by atoms with Crippen LogP contribution in [0.1, 0.15) is 29.8 Å². The van der Waals surface area contributed by atoms with Gasteiger partial charge in [-0.3, -0.25) is 9.59 Å². The smallest absolute Gasteiger partial charge is 0.319 e. The normalized spacial score (nSPS) is 13.2. The van der Waals surface area contributed by atoms with E-state index in [4.69, 9.17) is 0 Å². The van der Waals surface area contributed by atoms with Gasteiger partial charge in [-0.2, -0.15) is 0 Å². The Morgan fingerprint density at radius 3 is 2.15 bits per heavy atom. The molecule has 0 aliphatic carbocycles. The van der Waals surface area contributed by atoms with Crippen molar-refractivity contribution in [2.24, 2.45) is 5.92 Å². The number of amides is 4. The van der Waals surface area contributed by atoms with Crippen LogP contribution >= 0.6 is 0 Å². The summed E-state index contributed by atoms with van der Waals surface area (Å²) in [6.45, 7) is 4.38. The van der Waals surface area contributed by atoms with Crippen molar-refractivity contribution in [3.05, 3.63) is 90.0 Å². The van der Waals surface area contributed by atoms with Crippen LogP contribution in [-0.4, -0.2) is 30.4 Å². The van der Waals surface area contributed by atoms with E-state index < -0.39 is 12.1 Å². The van der Waals surface area contributed by atoms with Crippen LogP contribution in [0, 0.1) is 5.92 Å². The molecule has 1 aliphatic heterocycles. The lowest BCUT2D eigenvalue weighted by atomic mass is 10.0. The van der Waals surface area contributed by atoms with Crippen LogP contribution in [0.15, 0.2) is 78.9 Å². The second kappa shape index (κ2) is 10.2. The highest BCUT2D eigenvalue weighted by Crippen LogP contribution is 2.29. The summed E-state index contributed by atoms with van der Waals surface area (Å²) in [4.78, 5) is 40.0. The van der Waals surface area contributed by atoms with E-state index in [0.717, 1.165) is 12.1 Å². The summed E-state index contributed by atoms with van der Waals surface area (Å²) in [7, 11) is 0. The first-order valence-electron chi connectivity index (χ1n) is 11.4. The molecule has 1 heterocycles. The van der Waals surface area contributed by atoms with Crippen LogP contribution in [0.3, 0.4) is 0 Å². The zero-order valence-corrected chi connectivity index (χ0v) is 19.2. The molecule has 1 aliphatic rings. The molecule has 0 saturated heterocycles. The van der Waals surface area contributed by atoms with Gasteiger partial charge in [0.1, 0.15) is 6.04 Å². The number of benzene rings is 3. The summed E-state index contributed by atoms with van der Waals surface area (Å²) in [5, 5.41) is 8.30. The van der Waals surface area contributed by atoms with Gasteiger partial charge in [0.25, 0.3) is 5.91 Å². The lowest BCUT2D eigenvalue weighted by Crippen LogP contribution is -2.48. The number of carbonyl (C=O) groups excluding carboxylic acids is 3. The Balaban J connectivity index is 1.38. The first-order valence-corrected chi connectivity index (χ1v) is 11.4. The Labute approximate surface area is 199 Å². The molecular formula is C27H28N4O3. The lowest BCUT2D eigenvalue weighted by Gasteiger charge is -2.22. The molecule has 0 fully saturated rings. The van der Waals surface area contributed by atoms with E-state index >= 15 is 0 Å². The maximum Gasteiger partial charge on any atom is 0.319 e. The van der Waals surface area contributed by atoms with Gasteiger partial charge in [-0.25, -0.2) is 4.79 Å². The molecule has 0 spiro atoms. The fraction of sp³-hybridized carbons (Fsp3) is 0.222. The number of fused-ring (bicyclic) bond motifs is 1. The van der Waals surface area contributed by atoms with E-state index in [1.54, 1.807) is 41.3 Å². The highest BCUT2D eigenvalue weighted by molar-refractivity contribution is 6.07. The number of carbonyl (C=O) groups is 3. The van der Waals surface area contributed by atoms with Gasteiger partial charge < -0.3 is 20.9 Å². The third kappa shape index (κ3) is 5.26. The van der Waals surface area contributed by atoms with E-state index in [-0.39, 0.29) is 17.7 Å². The fourth-order valence-corrected chi connectivity index (χ4v) is 3.99. The Kier molecular flexibility index (Phi) is 6.92. The van der Waals surface area contributed by atoms with Gasteiger partial charge in [-0.05, 0) is 60.4 Å². The molecule has 174 valence electrons. The minimum atomic E-state index is -0.730. The van der Waals surface area contributed by atoms with E-state index in [1.165, 1.54) is 5.56 Å². The minimum Gasteiger partial charge on any atom is -0.326 e. The van der Waals surface area contributed by atoms with Crippen LogP contribution in [0.25, 0.3) is 0 Å². The highest BCUT2D eigenvalue weighted by Gasteiger charge is 2.26. The number of hydrogen-bond acceptors (Lipinski definition) is 3. The molecule has 3 aromatic carbocycles. The summed E-state index contributed by atoms with van der Waals surface area (Å²) in [5.41, 5.74) is 3.87. The van der Waals surface area contributed by atoms with Crippen molar-refractivity contribution in [1.82, 2.24) is 5.32 Å². The van der Waals surface area contributed by atoms with Crippen molar-refractivity contribution in [2.75, 3.05) is 22.1 Å². The van der Waals surface area contributed by atoms with Crippen molar-refractivity contribution in [2.45, 2.75) is 26.3 Å². The molecule has 7 nitrogen and oxygen atoms in total. The Morgan fingerprint density at radius 1 is 0.794 bits per heavy atom. The molecule has 1 atom stereocenters. The molecule has 1 unspecified atom stereocenters. The molecule has 3 N–H and O–H groups in total. The summed E-state index contributed by atoms with van der Waals surface area (Å²) < 4.78 is 0. The van der Waals surface area contributed by atoms with Crippen LogP contribution in [0.2, 0.25) is 0 Å². The zero-order valence-electron chi connectivity index (χ0n) is 19.2. The van der Waals surface area contributed by atoms with Crippen molar-refractivity contribution >= 4 is 34.9 Å². The first kappa shape index (κ1) is 23.0. The summed E-state index contributed by atoms with van der Waals surface area (Å²) in [5.74, 6) is -0.523. The van der Waals surface area contributed by atoms with E-state index in [2.05, 4.69) is 16.0 Å². The van der Waals surface area contributed by atoms with Crippen LogP contribution in [-0.2, 0) is 11.2 Å². The molecule has 0 bridgehead atoms. The topological polar surface area (TPSA) is 90.5 Å². The van der Waals surface area contributed by atoms with E-state index in [9.17, 15) is 14.4 Å². The second-order valence-corrected chi connectivity index (χ2v) is 8.59. The van der Waals surface area contributed by atoms with Crippen molar-refractivity contribution in [3.63, 3.8) is 0 Å². The molecule has 34 heavy (non-hydrogen) atoms. The number of hydrogen-bond donors (Lipinski definition) is 3. The lowest BCUT2D eigenvalue weighted by molar-refractivity contribution is -0.118. The average Bonchev–Trinajstić information content (AvgIpc) is 3.27. The van der Waals surface area contributed by atoms with Gasteiger partial charge in [0, 0.05) is 29.2 Å². The van der Waals surface area contributed by atoms with Gasteiger partial charge in [0.2, 0.25) is 5.91 Å². The van der Waals surface area contributed by atoms with Crippen LogP contribution < -0.4 is 20.9 Å². The maximum absolute atomic E-state index is 13.0. The molecule has 4 rings (SSSR count).